The molecule has 1 aliphatic rings. The molecule has 0 saturated heterocycles. The Kier molecular flexibility index (Phi) is 9.14. The molecule has 0 radical (unpaired) electrons. The number of unbranched alkanes of at least 4 members (excludes halogenated alkanes) is 6. The molecule has 3 aromatic carbocycles. The summed E-state index contributed by atoms with van der Waals surface area (Å²) in [6, 6.07) is 23.1. The van der Waals surface area contributed by atoms with E-state index in [-0.39, 0.29) is 11.2 Å². The van der Waals surface area contributed by atoms with Gasteiger partial charge < -0.3 is 0 Å². The molecule has 0 aromatic heterocycles. The van der Waals surface area contributed by atoms with Gasteiger partial charge in [0.1, 0.15) is 0 Å². The minimum atomic E-state index is -0.0524. The van der Waals surface area contributed by atoms with Crippen molar-refractivity contribution in [2.75, 3.05) is 7.05 Å². The molecule has 4 rings (SSSR count). The number of rotatable bonds is 13. The predicted octanol–water partition coefficient (Wildman–Crippen LogP) is 9.56. The first-order valence-corrected chi connectivity index (χ1v) is 14.4. The van der Waals surface area contributed by atoms with E-state index in [1.807, 2.05) is 43.4 Å². The number of nitrogens with zero attached hydrogens (tertiary/aromatic N) is 1. The van der Waals surface area contributed by atoms with Crippen molar-refractivity contribution in [2.45, 2.75) is 90.4 Å². The van der Waals surface area contributed by atoms with E-state index in [4.69, 9.17) is 0 Å². The molecule has 0 unspecified atom stereocenters. The van der Waals surface area contributed by atoms with Crippen molar-refractivity contribution in [3.05, 3.63) is 94.5 Å². The lowest BCUT2D eigenvalue weighted by Crippen LogP contribution is -2.26. The second-order valence-corrected chi connectivity index (χ2v) is 10.7. The van der Waals surface area contributed by atoms with Crippen LogP contribution in [0.4, 0.5) is 0 Å². The van der Waals surface area contributed by atoms with Gasteiger partial charge in [-0.05, 0) is 59.7 Å². The Hall–Kier alpha value is -3.00. The summed E-state index contributed by atoms with van der Waals surface area (Å²) in [6.07, 6.45) is 12.2. The van der Waals surface area contributed by atoms with Gasteiger partial charge in [-0.2, -0.15) is 0 Å². The molecular weight excluding hydrogens is 450 g/mol. The molecule has 3 aromatic rings. The first-order chi connectivity index (χ1) is 18.1. The number of fused-ring (bicyclic) bond motifs is 3. The third-order valence-electron chi connectivity index (χ3n) is 8.33. The molecule has 0 spiro atoms. The van der Waals surface area contributed by atoms with Crippen LogP contribution in [0.2, 0.25) is 0 Å². The Morgan fingerprint density at radius 1 is 0.676 bits per heavy atom. The van der Waals surface area contributed by atoms with Crippen LogP contribution >= 0.6 is 0 Å². The zero-order chi connectivity index (χ0) is 26.3. The van der Waals surface area contributed by atoms with Crippen LogP contribution in [0.15, 0.2) is 71.7 Å². The molecule has 0 amide bonds. The van der Waals surface area contributed by atoms with E-state index in [2.05, 4.69) is 56.1 Å². The number of carbonyl (C=O) groups excluding carboxylic acids is 1. The molecule has 1 aliphatic carbocycles. The van der Waals surface area contributed by atoms with Gasteiger partial charge in [0, 0.05) is 29.3 Å². The van der Waals surface area contributed by atoms with Crippen molar-refractivity contribution < 1.29 is 4.79 Å². The number of hydrogen-bond donors (Lipinski definition) is 0. The summed E-state index contributed by atoms with van der Waals surface area (Å²) in [5.41, 5.74) is 9.24. The lowest BCUT2D eigenvalue weighted by Gasteiger charge is -2.33. The summed E-state index contributed by atoms with van der Waals surface area (Å²) in [7, 11) is 1.88. The quantitative estimate of drug-likeness (QED) is 0.132. The van der Waals surface area contributed by atoms with Crippen molar-refractivity contribution >= 4 is 11.5 Å². The van der Waals surface area contributed by atoms with Crippen LogP contribution in [0.25, 0.3) is 11.1 Å². The van der Waals surface area contributed by atoms with Gasteiger partial charge in [-0.1, -0.05) is 120 Å². The van der Waals surface area contributed by atoms with Gasteiger partial charge in [-0.15, -0.1) is 0 Å². The van der Waals surface area contributed by atoms with E-state index in [0.29, 0.717) is 0 Å². The van der Waals surface area contributed by atoms with Crippen LogP contribution in [0.3, 0.4) is 0 Å². The Morgan fingerprint density at radius 3 is 1.76 bits per heavy atom. The average Bonchev–Trinajstić information content (AvgIpc) is 3.21. The fraction of sp³-hybridized carbons (Fsp3) is 0.429. The van der Waals surface area contributed by atoms with E-state index in [1.165, 1.54) is 79.2 Å². The summed E-state index contributed by atoms with van der Waals surface area (Å²) >= 11 is 0. The number of benzene rings is 3. The van der Waals surface area contributed by atoms with Gasteiger partial charge in [0.2, 0.25) is 0 Å². The standard InChI is InChI=1S/C35H43NO/c1-5-7-9-14-22-35(23-15-10-8-6-2)32-24-28(26(3)36-4)18-20-30(32)31-21-19-29(25-33(31)35)34(37)27-16-12-11-13-17-27/h11-13,16-21,24-25H,5-10,14-15,22-23H2,1-4H3/b36-26-. The predicted molar refractivity (Wildman–Crippen MR) is 158 cm³/mol. The maximum Gasteiger partial charge on any atom is 0.193 e. The third-order valence-corrected chi connectivity index (χ3v) is 8.33. The zero-order valence-corrected chi connectivity index (χ0v) is 23.3. The molecule has 0 bridgehead atoms. The fourth-order valence-electron chi connectivity index (χ4n) is 6.12. The zero-order valence-electron chi connectivity index (χ0n) is 23.3. The van der Waals surface area contributed by atoms with Crippen molar-refractivity contribution in [2.24, 2.45) is 4.99 Å². The molecule has 194 valence electrons. The molecule has 0 atom stereocenters. The van der Waals surface area contributed by atoms with Gasteiger partial charge in [0.05, 0.1) is 0 Å². The van der Waals surface area contributed by atoms with E-state index in [1.54, 1.807) is 0 Å². The van der Waals surface area contributed by atoms with Crippen LogP contribution < -0.4 is 0 Å². The van der Waals surface area contributed by atoms with E-state index < -0.39 is 0 Å². The summed E-state index contributed by atoms with van der Waals surface area (Å²) in [6.45, 7) is 6.66. The van der Waals surface area contributed by atoms with Crippen molar-refractivity contribution in [1.29, 1.82) is 0 Å². The Labute approximate surface area is 224 Å². The largest absolute Gasteiger partial charge is 0.293 e. The van der Waals surface area contributed by atoms with Crippen LogP contribution in [0.1, 0.15) is 118 Å². The van der Waals surface area contributed by atoms with Gasteiger partial charge >= 0.3 is 0 Å². The topological polar surface area (TPSA) is 29.4 Å². The van der Waals surface area contributed by atoms with E-state index >= 15 is 0 Å². The number of carbonyl (C=O) groups is 1. The van der Waals surface area contributed by atoms with Crippen LogP contribution in [0, 0.1) is 0 Å². The highest BCUT2D eigenvalue weighted by atomic mass is 16.1. The molecule has 0 aliphatic heterocycles. The Bertz CT molecular complexity index is 1230. The molecule has 0 saturated carbocycles. The van der Waals surface area contributed by atoms with Crippen LogP contribution in [0.5, 0.6) is 0 Å². The summed E-state index contributed by atoms with van der Waals surface area (Å²) in [5, 5.41) is 0. The molecule has 0 fully saturated rings. The minimum Gasteiger partial charge on any atom is -0.293 e. The van der Waals surface area contributed by atoms with Crippen molar-refractivity contribution in [3.63, 3.8) is 0 Å². The highest BCUT2D eigenvalue weighted by Gasteiger charge is 2.42. The Balaban J connectivity index is 1.85. The third kappa shape index (κ3) is 5.64. The number of ketones is 1. The van der Waals surface area contributed by atoms with Gasteiger partial charge in [0.25, 0.3) is 0 Å². The highest BCUT2D eigenvalue weighted by molar-refractivity contribution is 6.09. The van der Waals surface area contributed by atoms with Gasteiger partial charge in [-0.25, -0.2) is 0 Å². The average molecular weight is 494 g/mol. The monoisotopic (exact) mass is 493 g/mol. The van der Waals surface area contributed by atoms with Gasteiger partial charge in [-0.3, -0.25) is 9.79 Å². The molecule has 0 N–H and O–H groups in total. The maximum absolute atomic E-state index is 13.5. The van der Waals surface area contributed by atoms with Crippen molar-refractivity contribution in [3.8, 4) is 11.1 Å². The number of hydrogen-bond acceptors (Lipinski definition) is 2. The first-order valence-electron chi connectivity index (χ1n) is 14.4. The lowest BCUT2D eigenvalue weighted by atomic mass is 9.70. The second-order valence-electron chi connectivity index (χ2n) is 10.7. The molecular formula is C35H43NO. The van der Waals surface area contributed by atoms with Crippen LogP contribution in [-0.4, -0.2) is 18.5 Å². The highest BCUT2D eigenvalue weighted by Crippen LogP contribution is 2.54. The second kappa shape index (κ2) is 12.5. The van der Waals surface area contributed by atoms with Crippen molar-refractivity contribution in [1.82, 2.24) is 0 Å². The van der Waals surface area contributed by atoms with E-state index in [0.717, 1.165) is 29.7 Å². The molecule has 2 nitrogen and oxygen atoms in total. The van der Waals surface area contributed by atoms with E-state index in [9.17, 15) is 4.79 Å². The number of aliphatic imine (C=N–C) groups is 1. The molecule has 0 heterocycles. The summed E-state index contributed by atoms with van der Waals surface area (Å²) in [5.74, 6) is 0.111. The smallest absolute Gasteiger partial charge is 0.193 e. The first kappa shape index (κ1) is 27.0. The SMILES string of the molecule is CCCCCCC1(CCCCCC)c2cc(C(=O)c3ccccc3)ccc2-c2ccc(/C(C)=N\C)cc21. The summed E-state index contributed by atoms with van der Waals surface area (Å²) in [4.78, 5) is 18.0. The normalized spacial score (nSPS) is 13.9. The van der Waals surface area contributed by atoms with Crippen LogP contribution in [-0.2, 0) is 5.41 Å². The lowest BCUT2D eigenvalue weighted by molar-refractivity contribution is 0.103. The summed E-state index contributed by atoms with van der Waals surface area (Å²) < 4.78 is 0. The minimum absolute atomic E-state index is 0.0524. The molecule has 37 heavy (non-hydrogen) atoms. The fourth-order valence-corrected chi connectivity index (χ4v) is 6.12. The van der Waals surface area contributed by atoms with Gasteiger partial charge in [0.15, 0.2) is 5.78 Å². The maximum atomic E-state index is 13.5. The Morgan fingerprint density at radius 2 is 1.22 bits per heavy atom. The molecule has 2 heteroatoms.